The third-order valence-corrected chi connectivity index (χ3v) is 4.68. The van der Waals surface area contributed by atoms with Crippen molar-refractivity contribution in [3.05, 3.63) is 20.9 Å². The first-order chi connectivity index (χ1) is 7.61. The summed E-state index contributed by atoms with van der Waals surface area (Å²) in [4.78, 5) is 5.28. The number of aryl methyl sites for hydroxylation is 1. The molecule has 0 fully saturated rings. The molecule has 0 saturated heterocycles. The Kier molecular flexibility index (Phi) is 3.64. The van der Waals surface area contributed by atoms with Gasteiger partial charge in [-0.15, -0.1) is 11.3 Å². The summed E-state index contributed by atoms with van der Waals surface area (Å²) in [7, 11) is 0. The molecule has 0 saturated carbocycles. The van der Waals surface area contributed by atoms with Crippen molar-refractivity contribution in [3.8, 4) is 0 Å². The van der Waals surface area contributed by atoms with Crippen LogP contribution in [0.4, 0.5) is 0 Å². The number of thiophene rings is 1. The Morgan fingerprint density at radius 3 is 2.94 bits per heavy atom. The van der Waals surface area contributed by atoms with E-state index in [2.05, 4.69) is 18.7 Å². The summed E-state index contributed by atoms with van der Waals surface area (Å²) in [5.41, 5.74) is 8.36. The molecule has 0 amide bonds. The number of aliphatic hydroxyl groups excluding tert-OH is 1. The summed E-state index contributed by atoms with van der Waals surface area (Å²) in [5.74, 6) is 0. The Hall–Kier alpha value is -0.420. The lowest BCUT2D eigenvalue weighted by atomic mass is 10.0. The van der Waals surface area contributed by atoms with Gasteiger partial charge in [0.05, 0.1) is 6.10 Å². The number of aliphatic hydroxyl groups is 1. The smallest absolute Gasteiger partial charge is 0.0789 e. The van der Waals surface area contributed by atoms with E-state index in [1.165, 1.54) is 20.9 Å². The van der Waals surface area contributed by atoms with Crippen LogP contribution in [-0.4, -0.2) is 35.7 Å². The van der Waals surface area contributed by atoms with Gasteiger partial charge in [0, 0.05) is 35.9 Å². The third-order valence-electron chi connectivity index (χ3n) is 3.37. The molecule has 1 atom stereocenters. The standard InChI is InChI=1S/C12H20N2OS/c1-8-9(2)16-12-3-4-14(7-11(8)12)6-10(15)5-13/h10,15H,3-7,13H2,1-2H3. The predicted molar refractivity (Wildman–Crippen MR) is 67.8 cm³/mol. The molecule has 1 aliphatic rings. The van der Waals surface area contributed by atoms with Crippen LogP contribution < -0.4 is 5.73 Å². The summed E-state index contributed by atoms with van der Waals surface area (Å²) in [6, 6.07) is 0. The van der Waals surface area contributed by atoms with Crippen molar-refractivity contribution in [2.45, 2.75) is 32.9 Å². The van der Waals surface area contributed by atoms with E-state index in [9.17, 15) is 5.11 Å². The van der Waals surface area contributed by atoms with Gasteiger partial charge < -0.3 is 10.8 Å². The number of nitrogens with zero attached hydrogens (tertiary/aromatic N) is 1. The molecule has 2 rings (SSSR count). The molecule has 4 heteroatoms. The second-order valence-corrected chi connectivity index (χ2v) is 5.87. The van der Waals surface area contributed by atoms with Gasteiger partial charge in [-0.2, -0.15) is 0 Å². The molecule has 0 spiro atoms. The van der Waals surface area contributed by atoms with E-state index in [1.54, 1.807) is 0 Å². The average molecular weight is 240 g/mol. The largest absolute Gasteiger partial charge is 0.390 e. The van der Waals surface area contributed by atoms with Gasteiger partial charge in [-0.05, 0) is 31.4 Å². The zero-order valence-corrected chi connectivity index (χ0v) is 10.8. The fourth-order valence-corrected chi connectivity index (χ4v) is 3.42. The Labute approximate surface area is 101 Å². The van der Waals surface area contributed by atoms with E-state index in [4.69, 9.17) is 5.73 Å². The summed E-state index contributed by atoms with van der Waals surface area (Å²) in [6.45, 7) is 7.46. The van der Waals surface area contributed by atoms with Crippen LogP contribution in [-0.2, 0) is 13.0 Å². The quantitative estimate of drug-likeness (QED) is 0.830. The number of fused-ring (bicyclic) bond motifs is 1. The maximum Gasteiger partial charge on any atom is 0.0789 e. The minimum atomic E-state index is -0.387. The molecule has 1 aromatic heterocycles. The second kappa shape index (κ2) is 4.84. The second-order valence-electron chi connectivity index (χ2n) is 4.56. The summed E-state index contributed by atoms with van der Waals surface area (Å²) in [6.07, 6.45) is 0.730. The zero-order valence-electron chi connectivity index (χ0n) is 9.99. The van der Waals surface area contributed by atoms with Gasteiger partial charge in [0.2, 0.25) is 0 Å². The van der Waals surface area contributed by atoms with Crippen molar-refractivity contribution >= 4 is 11.3 Å². The molecule has 0 aromatic carbocycles. The molecule has 1 unspecified atom stereocenters. The highest BCUT2D eigenvalue weighted by Gasteiger charge is 2.22. The van der Waals surface area contributed by atoms with Gasteiger partial charge >= 0.3 is 0 Å². The van der Waals surface area contributed by atoms with Gasteiger partial charge in [0.1, 0.15) is 0 Å². The highest BCUT2D eigenvalue weighted by Crippen LogP contribution is 2.31. The van der Waals surface area contributed by atoms with Crippen molar-refractivity contribution in [1.82, 2.24) is 4.90 Å². The maximum absolute atomic E-state index is 9.57. The van der Waals surface area contributed by atoms with E-state index in [1.807, 2.05) is 11.3 Å². The van der Waals surface area contributed by atoms with Gasteiger partial charge in [-0.3, -0.25) is 4.90 Å². The minimum Gasteiger partial charge on any atom is -0.390 e. The van der Waals surface area contributed by atoms with Gasteiger partial charge in [0.25, 0.3) is 0 Å². The zero-order chi connectivity index (χ0) is 11.7. The van der Waals surface area contributed by atoms with Crippen molar-refractivity contribution < 1.29 is 5.11 Å². The van der Waals surface area contributed by atoms with Crippen molar-refractivity contribution in [1.29, 1.82) is 0 Å². The lowest BCUT2D eigenvalue weighted by molar-refractivity contribution is 0.112. The number of hydrogen-bond acceptors (Lipinski definition) is 4. The molecule has 2 heterocycles. The molecule has 1 aliphatic heterocycles. The van der Waals surface area contributed by atoms with Crippen LogP contribution in [0.3, 0.4) is 0 Å². The van der Waals surface area contributed by atoms with E-state index in [0.717, 1.165) is 19.5 Å². The molecule has 3 nitrogen and oxygen atoms in total. The molecule has 0 aliphatic carbocycles. The van der Waals surface area contributed by atoms with Crippen LogP contribution in [0.15, 0.2) is 0 Å². The highest BCUT2D eigenvalue weighted by atomic mass is 32.1. The van der Waals surface area contributed by atoms with Crippen LogP contribution in [0, 0.1) is 13.8 Å². The number of rotatable bonds is 3. The summed E-state index contributed by atoms with van der Waals surface area (Å²) in [5, 5.41) is 9.57. The van der Waals surface area contributed by atoms with Crippen LogP contribution >= 0.6 is 11.3 Å². The minimum absolute atomic E-state index is 0.352. The first kappa shape index (κ1) is 12.0. The predicted octanol–water partition coefficient (Wildman–Crippen LogP) is 1.04. The Morgan fingerprint density at radius 2 is 2.25 bits per heavy atom. The van der Waals surface area contributed by atoms with Crippen molar-refractivity contribution in [2.24, 2.45) is 5.73 Å². The first-order valence-electron chi connectivity index (χ1n) is 5.80. The van der Waals surface area contributed by atoms with E-state index in [0.29, 0.717) is 13.1 Å². The van der Waals surface area contributed by atoms with E-state index < -0.39 is 0 Å². The maximum atomic E-state index is 9.57. The molecule has 1 aromatic rings. The molecular formula is C12H20N2OS. The normalized spacial score (nSPS) is 18.5. The van der Waals surface area contributed by atoms with Gasteiger partial charge in [0.15, 0.2) is 0 Å². The average Bonchev–Trinajstić information content (AvgIpc) is 2.55. The summed E-state index contributed by atoms with van der Waals surface area (Å²) < 4.78 is 0. The number of β-amino-alcohol motifs (C(OH)–C–C–N with tert-alkyl or cyclic N) is 1. The topological polar surface area (TPSA) is 49.5 Å². The third kappa shape index (κ3) is 2.30. The molecule has 0 radical (unpaired) electrons. The van der Waals surface area contributed by atoms with Crippen molar-refractivity contribution in [3.63, 3.8) is 0 Å². The number of hydrogen-bond donors (Lipinski definition) is 2. The molecule has 16 heavy (non-hydrogen) atoms. The first-order valence-corrected chi connectivity index (χ1v) is 6.61. The highest BCUT2D eigenvalue weighted by molar-refractivity contribution is 7.12. The lowest BCUT2D eigenvalue weighted by Crippen LogP contribution is -2.39. The Balaban J connectivity index is 2.08. The Bertz CT molecular complexity index is 375. The van der Waals surface area contributed by atoms with Crippen LogP contribution in [0.5, 0.6) is 0 Å². The number of nitrogens with two attached hydrogens (primary N) is 1. The Morgan fingerprint density at radius 1 is 1.50 bits per heavy atom. The van der Waals surface area contributed by atoms with Crippen LogP contribution in [0.2, 0.25) is 0 Å². The molecule has 3 N–H and O–H groups in total. The fourth-order valence-electron chi connectivity index (χ4n) is 2.24. The van der Waals surface area contributed by atoms with Crippen LogP contribution in [0.1, 0.15) is 20.9 Å². The molecule has 90 valence electrons. The van der Waals surface area contributed by atoms with Gasteiger partial charge in [-0.25, -0.2) is 0 Å². The summed E-state index contributed by atoms with van der Waals surface area (Å²) >= 11 is 1.93. The molecule has 0 bridgehead atoms. The van der Waals surface area contributed by atoms with E-state index >= 15 is 0 Å². The van der Waals surface area contributed by atoms with Gasteiger partial charge in [-0.1, -0.05) is 0 Å². The van der Waals surface area contributed by atoms with Crippen molar-refractivity contribution in [2.75, 3.05) is 19.6 Å². The fraction of sp³-hybridized carbons (Fsp3) is 0.667. The monoisotopic (exact) mass is 240 g/mol. The SMILES string of the molecule is Cc1sc2c(c1C)CN(CC(O)CN)CC2. The lowest BCUT2D eigenvalue weighted by Gasteiger charge is -2.28. The van der Waals surface area contributed by atoms with Crippen LogP contribution in [0.25, 0.3) is 0 Å². The van der Waals surface area contributed by atoms with E-state index in [-0.39, 0.29) is 6.10 Å². The molecular weight excluding hydrogens is 220 g/mol.